The van der Waals surface area contributed by atoms with Gasteiger partial charge in [0.15, 0.2) is 5.82 Å². The fourth-order valence-electron chi connectivity index (χ4n) is 2.08. The molecule has 0 aliphatic heterocycles. The van der Waals surface area contributed by atoms with Crippen LogP contribution in [0.2, 0.25) is 0 Å². The van der Waals surface area contributed by atoms with Crippen LogP contribution >= 0.6 is 15.9 Å². The molecule has 0 radical (unpaired) electrons. The molecule has 0 saturated carbocycles. The van der Waals surface area contributed by atoms with E-state index in [1.165, 1.54) is 5.56 Å². The van der Waals surface area contributed by atoms with Crippen molar-refractivity contribution in [3.05, 3.63) is 63.9 Å². The number of hydrogen-bond acceptors (Lipinski definition) is 2. The highest BCUT2D eigenvalue weighted by atomic mass is 79.9. The normalized spacial score (nSPS) is 11.0. The second kappa shape index (κ2) is 6.28. The van der Waals surface area contributed by atoms with Crippen LogP contribution in [0.3, 0.4) is 0 Å². The summed E-state index contributed by atoms with van der Waals surface area (Å²) in [7, 11) is 0. The van der Waals surface area contributed by atoms with Crippen LogP contribution in [-0.2, 0) is 5.41 Å². The third-order valence-electron chi connectivity index (χ3n) is 3.48. The van der Waals surface area contributed by atoms with Gasteiger partial charge in [0, 0.05) is 12.0 Å². The van der Waals surface area contributed by atoms with Crippen LogP contribution in [0.1, 0.15) is 25.0 Å². The van der Waals surface area contributed by atoms with Crippen LogP contribution < -0.4 is 5.32 Å². The molecule has 0 spiro atoms. The summed E-state index contributed by atoms with van der Waals surface area (Å²) in [5.41, 5.74) is 1.74. The van der Waals surface area contributed by atoms with Crippen molar-refractivity contribution < 1.29 is 4.39 Å². The maximum absolute atomic E-state index is 14.2. The molecule has 2 aromatic carbocycles. The van der Waals surface area contributed by atoms with E-state index in [0.29, 0.717) is 17.8 Å². The Morgan fingerprint density at radius 1 is 1.19 bits per heavy atom. The zero-order chi connectivity index (χ0) is 15.5. The predicted molar refractivity (Wildman–Crippen MR) is 86.8 cm³/mol. The standard InChI is InChI=1S/C17H16BrFN2/c1-17(2,13-6-4-3-5-7-13)11-21-14-9-8-12(10-20)15(18)16(14)19/h3-9,21H,11H2,1-2H3. The lowest BCUT2D eigenvalue weighted by Gasteiger charge is -2.26. The average molecular weight is 347 g/mol. The van der Waals surface area contributed by atoms with Gasteiger partial charge in [0.05, 0.1) is 15.7 Å². The van der Waals surface area contributed by atoms with Crippen molar-refractivity contribution in [2.75, 3.05) is 11.9 Å². The summed E-state index contributed by atoms with van der Waals surface area (Å²) in [5, 5.41) is 12.0. The third-order valence-corrected chi connectivity index (χ3v) is 4.25. The molecule has 1 N–H and O–H groups in total. The van der Waals surface area contributed by atoms with E-state index in [1.54, 1.807) is 12.1 Å². The van der Waals surface area contributed by atoms with Crippen LogP contribution in [0.4, 0.5) is 10.1 Å². The smallest absolute Gasteiger partial charge is 0.161 e. The third kappa shape index (κ3) is 3.43. The fraction of sp³-hybridized carbons (Fsp3) is 0.235. The molecule has 2 nitrogen and oxygen atoms in total. The van der Waals surface area contributed by atoms with E-state index in [9.17, 15) is 4.39 Å². The quantitative estimate of drug-likeness (QED) is 0.858. The summed E-state index contributed by atoms with van der Waals surface area (Å²) in [4.78, 5) is 0. The predicted octanol–water partition coefficient (Wildman–Crippen LogP) is 4.85. The van der Waals surface area contributed by atoms with Gasteiger partial charge < -0.3 is 5.32 Å². The molecule has 0 bridgehead atoms. The number of rotatable bonds is 4. The van der Waals surface area contributed by atoms with Crippen molar-refractivity contribution >= 4 is 21.6 Å². The van der Waals surface area contributed by atoms with Gasteiger partial charge in [-0.05, 0) is 33.6 Å². The highest BCUT2D eigenvalue weighted by molar-refractivity contribution is 9.10. The van der Waals surface area contributed by atoms with Gasteiger partial charge in [-0.25, -0.2) is 4.39 Å². The number of nitrogens with zero attached hydrogens (tertiary/aromatic N) is 1. The molecule has 0 aliphatic rings. The Labute approximate surface area is 132 Å². The van der Waals surface area contributed by atoms with Crippen molar-refractivity contribution in [2.24, 2.45) is 0 Å². The maximum atomic E-state index is 14.2. The molecular formula is C17H16BrFN2. The summed E-state index contributed by atoms with van der Waals surface area (Å²) in [6.07, 6.45) is 0. The summed E-state index contributed by atoms with van der Waals surface area (Å²) in [6, 6.07) is 15.2. The molecule has 0 aliphatic carbocycles. The Kier molecular flexibility index (Phi) is 4.64. The highest BCUT2D eigenvalue weighted by Gasteiger charge is 2.21. The highest BCUT2D eigenvalue weighted by Crippen LogP contribution is 2.28. The Hall–Kier alpha value is -1.86. The lowest BCUT2D eigenvalue weighted by molar-refractivity contribution is 0.552. The number of nitrogens with one attached hydrogen (secondary N) is 1. The molecule has 108 valence electrons. The second-order valence-corrected chi connectivity index (χ2v) is 6.30. The Bertz CT molecular complexity index is 675. The minimum atomic E-state index is -0.432. The van der Waals surface area contributed by atoms with Gasteiger partial charge in [-0.15, -0.1) is 0 Å². The molecule has 2 rings (SSSR count). The summed E-state index contributed by atoms with van der Waals surface area (Å²) in [5.74, 6) is -0.432. The molecule has 0 fully saturated rings. The summed E-state index contributed by atoms with van der Waals surface area (Å²) in [6.45, 7) is 4.80. The van der Waals surface area contributed by atoms with E-state index in [1.807, 2.05) is 24.3 Å². The molecule has 0 atom stereocenters. The minimum absolute atomic E-state index is 0.131. The molecule has 21 heavy (non-hydrogen) atoms. The number of anilines is 1. The lowest BCUT2D eigenvalue weighted by Crippen LogP contribution is -2.27. The first kappa shape index (κ1) is 15.5. The van der Waals surface area contributed by atoms with Crippen LogP contribution in [0.15, 0.2) is 46.9 Å². The van der Waals surface area contributed by atoms with Gasteiger partial charge in [0.2, 0.25) is 0 Å². The Morgan fingerprint density at radius 3 is 2.48 bits per heavy atom. The number of hydrogen-bond donors (Lipinski definition) is 1. The minimum Gasteiger partial charge on any atom is -0.382 e. The average Bonchev–Trinajstić information content (AvgIpc) is 2.50. The van der Waals surface area contributed by atoms with E-state index in [4.69, 9.17) is 5.26 Å². The number of nitriles is 1. The molecule has 0 saturated heterocycles. The van der Waals surface area contributed by atoms with E-state index in [0.717, 1.165) is 0 Å². The van der Waals surface area contributed by atoms with E-state index in [2.05, 4.69) is 47.2 Å². The van der Waals surface area contributed by atoms with Crippen LogP contribution in [-0.4, -0.2) is 6.54 Å². The fourth-order valence-corrected chi connectivity index (χ4v) is 2.51. The van der Waals surface area contributed by atoms with Crippen LogP contribution in [0, 0.1) is 17.1 Å². The zero-order valence-corrected chi connectivity index (χ0v) is 13.5. The topological polar surface area (TPSA) is 35.8 Å². The first-order valence-electron chi connectivity index (χ1n) is 6.63. The number of halogens is 2. The van der Waals surface area contributed by atoms with Crippen LogP contribution in [0.5, 0.6) is 0 Å². The number of benzene rings is 2. The SMILES string of the molecule is CC(C)(CNc1ccc(C#N)c(Br)c1F)c1ccccc1. The molecule has 2 aromatic rings. The van der Waals surface area contributed by atoms with E-state index >= 15 is 0 Å². The van der Waals surface area contributed by atoms with Gasteiger partial charge in [-0.1, -0.05) is 44.2 Å². The Balaban J connectivity index is 2.17. The van der Waals surface area contributed by atoms with Gasteiger partial charge in [0.25, 0.3) is 0 Å². The van der Waals surface area contributed by atoms with Crippen molar-refractivity contribution in [2.45, 2.75) is 19.3 Å². The summed E-state index contributed by atoms with van der Waals surface area (Å²) >= 11 is 3.12. The Morgan fingerprint density at radius 2 is 1.86 bits per heavy atom. The first-order valence-corrected chi connectivity index (χ1v) is 7.42. The molecule has 0 aromatic heterocycles. The first-order chi connectivity index (χ1) is 9.95. The molecule has 0 heterocycles. The monoisotopic (exact) mass is 346 g/mol. The van der Waals surface area contributed by atoms with Gasteiger partial charge in [0.1, 0.15) is 6.07 Å². The van der Waals surface area contributed by atoms with Gasteiger partial charge in [-0.2, -0.15) is 5.26 Å². The van der Waals surface area contributed by atoms with Crippen LogP contribution in [0.25, 0.3) is 0 Å². The van der Waals surface area contributed by atoms with Gasteiger partial charge >= 0.3 is 0 Å². The molecule has 0 unspecified atom stereocenters. The largest absolute Gasteiger partial charge is 0.382 e. The second-order valence-electron chi connectivity index (χ2n) is 5.50. The van der Waals surface area contributed by atoms with E-state index < -0.39 is 5.82 Å². The molecular weight excluding hydrogens is 331 g/mol. The molecule has 4 heteroatoms. The van der Waals surface area contributed by atoms with Crippen molar-refractivity contribution in [3.63, 3.8) is 0 Å². The maximum Gasteiger partial charge on any atom is 0.161 e. The van der Waals surface area contributed by atoms with Crippen molar-refractivity contribution in [1.29, 1.82) is 5.26 Å². The van der Waals surface area contributed by atoms with Crippen molar-refractivity contribution in [1.82, 2.24) is 0 Å². The van der Waals surface area contributed by atoms with E-state index in [-0.39, 0.29) is 9.89 Å². The molecule has 0 amide bonds. The lowest BCUT2D eigenvalue weighted by atomic mass is 9.84. The van der Waals surface area contributed by atoms with Gasteiger partial charge in [-0.3, -0.25) is 0 Å². The van der Waals surface area contributed by atoms with Crippen molar-refractivity contribution in [3.8, 4) is 6.07 Å². The zero-order valence-electron chi connectivity index (χ0n) is 12.0. The summed E-state index contributed by atoms with van der Waals surface area (Å²) < 4.78 is 14.4.